The van der Waals surface area contributed by atoms with Crippen molar-refractivity contribution in [3.05, 3.63) is 34.9 Å². The highest BCUT2D eigenvalue weighted by molar-refractivity contribution is 7.33. The van der Waals surface area contributed by atoms with Crippen molar-refractivity contribution in [1.82, 2.24) is 29.1 Å². The second-order valence-electron chi connectivity index (χ2n) is 9.22. The maximum Gasteiger partial charge on any atom is 0.697 e. The van der Waals surface area contributed by atoms with E-state index in [0.717, 1.165) is 0 Å². The maximum atomic E-state index is 12.7. The molecule has 2 unspecified atom stereocenters. The summed E-state index contributed by atoms with van der Waals surface area (Å²) in [4.78, 5) is 43.7. The SMILES string of the molecule is CN=CN=C(N)c1cn([C@H]2C[C@H](O[P+](=O)OC[C@@H]3CC[C@H](n4cnc5c(=O)[nH]c(N)nc54)O3)[C@@H](CO[P+](=O)O)O2)cn1. The number of ether oxygens (including phenoxy) is 2. The smallest absolute Gasteiger partial charge is 0.382 e. The maximum absolute atomic E-state index is 12.7. The van der Waals surface area contributed by atoms with Crippen LogP contribution in [0.15, 0.2) is 33.6 Å². The number of hydrogen-bond donors (Lipinski definition) is 4. The van der Waals surface area contributed by atoms with Gasteiger partial charge in [0, 0.05) is 28.8 Å². The highest BCUT2D eigenvalue weighted by Gasteiger charge is 2.45. The van der Waals surface area contributed by atoms with Crippen LogP contribution in [0.5, 0.6) is 0 Å². The van der Waals surface area contributed by atoms with E-state index < -0.39 is 52.8 Å². The summed E-state index contributed by atoms with van der Waals surface area (Å²) in [7, 11) is -3.97. The number of nitrogens with two attached hydrogens (primary N) is 2. The summed E-state index contributed by atoms with van der Waals surface area (Å²) < 4.78 is 54.9. The van der Waals surface area contributed by atoms with Crippen LogP contribution >= 0.6 is 16.5 Å². The van der Waals surface area contributed by atoms with Crippen LogP contribution in [0.4, 0.5) is 5.95 Å². The molecule has 2 aliphatic heterocycles. The molecular formula is C21H28N10O9P2+2. The van der Waals surface area contributed by atoms with Gasteiger partial charge in [-0.05, 0) is 12.8 Å². The molecule has 0 saturated carbocycles. The molecule has 0 bridgehead atoms. The first-order valence-corrected chi connectivity index (χ1v) is 14.8. The fourth-order valence-corrected chi connectivity index (χ4v) is 5.61. The number of hydrogen-bond acceptors (Lipinski definition) is 13. The molecule has 42 heavy (non-hydrogen) atoms. The Bertz CT molecular complexity index is 1570. The first-order chi connectivity index (χ1) is 20.2. The van der Waals surface area contributed by atoms with Gasteiger partial charge in [0.05, 0.1) is 18.8 Å². The summed E-state index contributed by atoms with van der Waals surface area (Å²) in [5.74, 6) is 0.104. The molecular weight excluding hydrogens is 598 g/mol. The van der Waals surface area contributed by atoms with Gasteiger partial charge in [-0.25, -0.2) is 15.0 Å². The van der Waals surface area contributed by atoms with Gasteiger partial charge in [-0.1, -0.05) is 0 Å². The number of aliphatic imine (C=N–C) groups is 2. The molecule has 2 saturated heterocycles. The number of aromatic amines is 1. The second-order valence-corrected chi connectivity index (χ2v) is 10.9. The molecule has 21 heteroatoms. The fourth-order valence-electron chi connectivity index (χ4n) is 4.55. The summed E-state index contributed by atoms with van der Waals surface area (Å²) in [5.41, 5.74) is 11.9. The zero-order valence-electron chi connectivity index (χ0n) is 22.1. The van der Waals surface area contributed by atoms with E-state index in [1.165, 1.54) is 19.0 Å². The second kappa shape index (κ2) is 13.2. The number of H-pyrrole nitrogens is 1. The third kappa shape index (κ3) is 6.91. The number of nitrogen functional groups attached to an aromatic ring is 1. The Morgan fingerprint density at radius 3 is 2.86 bits per heavy atom. The average Bonchev–Trinajstić information content (AvgIpc) is 3.75. The number of aromatic nitrogens is 6. The van der Waals surface area contributed by atoms with Crippen molar-refractivity contribution >= 4 is 45.8 Å². The number of imidazole rings is 2. The Labute approximate surface area is 238 Å². The van der Waals surface area contributed by atoms with Crippen molar-refractivity contribution < 1.29 is 37.1 Å². The highest BCUT2D eigenvalue weighted by Crippen LogP contribution is 2.39. The van der Waals surface area contributed by atoms with Crippen molar-refractivity contribution in [1.29, 1.82) is 0 Å². The molecule has 2 aliphatic rings. The van der Waals surface area contributed by atoms with Gasteiger partial charge in [0.25, 0.3) is 5.56 Å². The molecule has 0 radical (unpaired) electrons. The van der Waals surface area contributed by atoms with E-state index in [9.17, 15) is 13.9 Å². The van der Waals surface area contributed by atoms with Crippen molar-refractivity contribution in [2.24, 2.45) is 15.7 Å². The van der Waals surface area contributed by atoms with E-state index in [1.807, 2.05) is 0 Å². The molecule has 6 N–H and O–H groups in total. The minimum Gasteiger partial charge on any atom is -0.382 e. The van der Waals surface area contributed by atoms with Gasteiger partial charge in [0.1, 0.15) is 49.9 Å². The number of nitrogens with zero attached hydrogens (tertiary/aromatic N) is 7. The summed E-state index contributed by atoms with van der Waals surface area (Å²) in [6.07, 6.45) is 3.99. The first kappa shape index (κ1) is 29.9. The molecule has 5 heterocycles. The van der Waals surface area contributed by atoms with E-state index in [1.54, 1.807) is 22.4 Å². The molecule has 224 valence electrons. The Morgan fingerprint density at radius 1 is 1.24 bits per heavy atom. The first-order valence-electron chi connectivity index (χ1n) is 12.6. The van der Waals surface area contributed by atoms with E-state index in [0.29, 0.717) is 24.2 Å². The van der Waals surface area contributed by atoms with Crippen LogP contribution < -0.4 is 17.0 Å². The third-order valence-corrected chi connectivity index (χ3v) is 7.64. The molecule has 2 fully saturated rings. The van der Waals surface area contributed by atoms with Crippen LogP contribution in [-0.2, 0) is 32.2 Å². The molecule has 3 aromatic heterocycles. The summed E-state index contributed by atoms with van der Waals surface area (Å²) in [5, 5.41) is 0. The van der Waals surface area contributed by atoms with E-state index in [4.69, 9.17) is 39.4 Å². The molecule has 0 amide bonds. The number of nitrogens with one attached hydrogen (secondary N) is 1. The molecule has 7 atom stereocenters. The largest absolute Gasteiger partial charge is 0.697 e. The third-order valence-electron chi connectivity index (χ3n) is 6.47. The Balaban J connectivity index is 1.17. The molecule has 19 nitrogen and oxygen atoms in total. The van der Waals surface area contributed by atoms with Gasteiger partial charge >= 0.3 is 16.5 Å². The van der Waals surface area contributed by atoms with Crippen LogP contribution in [0.25, 0.3) is 11.2 Å². The van der Waals surface area contributed by atoms with Crippen LogP contribution in [0.3, 0.4) is 0 Å². The molecule has 5 rings (SSSR count). The Hall–Kier alpha value is -3.54. The molecule has 0 aliphatic carbocycles. The van der Waals surface area contributed by atoms with Gasteiger partial charge in [0.2, 0.25) is 5.95 Å². The van der Waals surface area contributed by atoms with Gasteiger partial charge in [-0.2, -0.15) is 4.98 Å². The summed E-state index contributed by atoms with van der Waals surface area (Å²) >= 11 is 0. The fraction of sp³-hybridized carbons (Fsp3) is 0.524. The standard InChI is InChI=1S/C21H26N10O9P2/c1-24-8-25-18(22)12-5-30(9-26-12)16-4-13(14(39-16)7-36-41(33)34)40-42(35)37-6-11-2-3-15(38-11)31-10-27-17-19(31)28-21(23)29-20(17)32/h5,8-11,13-16H,2-4,6-7H2,1H3,(H4-2,22,23,24,25,28,29,32,33,34)/p+2/t11-,13-,14+,15+,16+/m0/s1. The van der Waals surface area contributed by atoms with Gasteiger partial charge in [-0.15, -0.1) is 18.5 Å². The summed E-state index contributed by atoms with van der Waals surface area (Å²) in [6, 6.07) is 0. The van der Waals surface area contributed by atoms with E-state index in [-0.39, 0.29) is 36.9 Å². The predicted molar refractivity (Wildman–Crippen MR) is 146 cm³/mol. The van der Waals surface area contributed by atoms with Crippen LogP contribution in [0.2, 0.25) is 0 Å². The monoisotopic (exact) mass is 626 g/mol. The number of amidine groups is 1. The summed E-state index contributed by atoms with van der Waals surface area (Å²) in [6.45, 7) is -0.332. The van der Waals surface area contributed by atoms with Crippen molar-refractivity contribution in [2.45, 2.75) is 50.0 Å². The van der Waals surface area contributed by atoms with Gasteiger partial charge in [-0.3, -0.25) is 19.3 Å². The van der Waals surface area contributed by atoms with Crippen LogP contribution in [-0.4, -0.2) is 84.7 Å². The molecule has 0 spiro atoms. The van der Waals surface area contributed by atoms with Crippen molar-refractivity contribution in [3.8, 4) is 0 Å². The minimum absolute atomic E-state index is 0.0395. The number of fused-ring (bicyclic) bond motifs is 1. The van der Waals surface area contributed by atoms with E-state index >= 15 is 0 Å². The normalized spacial score (nSPS) is 25.6. The topological polar surface area (TPSA) is 259 Å². The zero-order chi connectivity index (χ0) is 29.8. The highest BCUT2D eigenvalue weighted by atomic mass is 31.1. The quantitative estimate of drug-likeness (QED) is 0.122. The molecule has 3 aromatic rings. The predicted octanol–water partition coefficient (Wildman–Crippen LogP) is 0.653. The lowest BCUT2D eigenvalue weighted by Crippen LogP contribution is -2.27. The lowest BCUT2D eigenvalue weighted by Gasteiger charge is -2.14. The number of anilines is 1. The lowest BCUT2D eigenvalue weighted by atomic mass is 10.2. The Morgan fingerprint density at radius 2 is 2.07 bits per heavy atom. The minimum atomic E-state index is -2.89. The van der Waals surface area contributed by atoms with Crippen LogP contribution in [0, 0.1) is 0 Å². The van der Waals surface area contributed by atoms with E-state index in [2.05, 4.69) is 29.9 Å². The van der Waals surface area contributed by atoms with Crippen molar-refractivity contribution in [2.75, 3.05) is 26.0 Å². The van der Waals surface area contributed by atoms with Gasteiger partial charge < -0.3 is 25.5 Å². The number of rotatable bonds is 12. The lowest BCUT2D eigenvalue weighted by molar-refractivity contribution is -0.0392. The van der Waals surface area contributed by atoms with Crippen LogP contribution in [0.1, 0.15) is 37.4 Å². The molecule has 0 aromatic carbocycles. The average molecular weight is 626 g/mol. The van der Waals surface area contributed by atoms with Crippen molar-refractivity contribution in [3.63, 3.8) is 0 Å². The zero-order valence-corrected chi connectivity index (χ0v) is 23.9. The Kier molecular flexibility index (Phi) is 9.40. The van der Waals surface area contributed by atoms with Gasteiger partial charge in [0.15, 0.2) is 17.0 Å².